The van der Waals surface area contributed by atoms with Gasteiger partial charge in [-0.25, -0.2) is 0 Å². The maximum absolute atomic E-state index is 12.4. The van der Waals surface area contributed by atoms with Crippen molar-refractivity contribution in [1.29, 1.82) is 0 Å². The van der Waals surface area contributed by atoms with Crippen molar-refractivity contribution in [2.24, 2.45) is 0 Å². The van der Waals surface area contributed by atoms with Gasteiger partial charge in [-0.1, -0.05) is 19.9 Å². The van der Waals surface area contributed by atoms with Crippen molar-refractivity contribution in [3.63, 3.8) is 0 Å². The quantitative estimate of drug-likeness (QED) is 0.798. The second-order valence-corrected chi connectivity index (χ2v) is 6.68. The highest BCUT2D eigenvalue weighted by atomic mass is 35.5. The topological polar surface area (TPSA) is 68.8 Å². The number of hydrogen-bond donors (Lipinski definition) is 2. The Labute approximate surface area is 156 Å². The third kappa shape index (κ3) is 5.23. The van der Waals surface area contributed by atoms with Crippen LogP contribution in [0.5, 0.6) is 11.5 Å². The molecular formula is C18H29ClN2O4. The summed E-state index contributed by atoms with van der Waals surface area (Å²) < 4.78 is 16.2. The SMILES string of the molecule is COc1ccc(C(C)(C)CNC(=O)[C@H]2NCCO[C@@H]2C)cc1OC.Cl. The summed E-state index contributed by atoms with van der Waals surface area (Å²) in [7, 11) is 3.23. The lowest BCUT2D eigenvalue weighted by Crippen LogP contribution is -2.56. The molecule has 2 N–H and O–H groups in total. The lowest BCUT2D eigenvalue weighted by molar-refractivity contribution is -0.129. The molecule has 1 amide bonds. The zero-order valence-electron chi connectivity index (χ0n) is 15.5. The van der Waals surface area contributed by atoms with Crippen LogP contribution in [-0.2, 0) is 14.9 Å². The molecule has 25 heavy (non-hydrogen) atoms. The summed E-state index contributed by atoms with van der Waals surface area (Å²) in [5.41, 5.74) is 0.829. The Morgan fingerprint density at radius 3 is 2.60 bits per heavy atom. The van der Waals surface area contributed by atoms with Crippen LogP contribution in [0.25, 0.3) is 0 Å². The molecule has 2 rings (SSSR count). The van der Waals surface area contributed by atoms with Crippen LogP contribution in [0.3, 0.4) is 0 Å². The molecule has 0 unspecified atom stereocenters. The van der Waals surface area contributed by atoms with Gasteiger partial charge in [-0.2, -0.15) is 0 Å². The van der Waals surface area contributed by atoms with Crippen LogP contribution >= 0.6 is 12.4 Å². The van der Waals surface area contributed by atoms with Crippen molar-refractivity contribution in [3.8, 4) is 11.5 Å². The summed E-state index contributed by atoms with van der Waals surface area (Å²) in [4.78, 5) is 12.4. The van der Waals surface area contributed by atoms with Crippen molar-refractivity contribution < 1.29 is 19.0 Å². The molecule has 0 radical (unpaired) electrons. The summed E-state index contributed by atoms with van der Waals surface area (Å²) in [6.45, 7) is 7.94. The number of nitrogens with one attached hydrogen (secondary N) is 2. The van der Waals surface area contributed by atoms with Crippen LogP contribution in [0.4, 0.5) is 0 Å². The fourth-order valence-electron chi connectivity index (χ4n) is 2.80. The van der Waals surface area contributed by atoms with E-state index in [0.29, 0.717) is 31.2 Å². The van der Waals surface area contributed by atoms with Crippen molar-refractivity contribution in [2.45, 2.75) is 38.3 Å². The number of carbonyl (C=O) groups is 1. The molecule has 6 nitrogen and oxygen atoms in total. The second kappa shape index (κ2) is 9.27. The first kappa shape index (κ1) is 21.5. The molecular weight excluding hydrogens is 344 g/mol. The molecule has 0 aromatic heterocycles. The first-order chi connectivity index (χ1) is 11.4. The fourth-order valence-corrected chi connectivity index (χ4v) is 2.80. The van der Waals surface area contributed by atoms with E-state index in [0.717, 1.165) is 5.56 Å². The van der Waals surface area contributed by atoms with Crippen LogP contribution in [0.1, 0.15) is 26.3 Å². The van der Waals surface area contributed by atoms with Crippen molar-refractivity contribution in [2.75, 3.05) is 33.9 Å². The molecule has 0 bridgehead atoms. The zero-order chi connectivity index (χ0) is 17.7. The van der Waals surface area contributed by atoms with Gasteiger partial charge in [-0.05, 0) is 24.6 Å². The van der Waals surface area contributed by atoms with Gasteiger partial charge >= 0.3 is 0 Å². The molecule has 1 aromatic carbocycles. The third-order valence-corrected chi connectivity index (χ3v) is 4.47. The number of benzene rings is 1. The standard InChI is InChI=1S/C18H28N2O4.ClH/c1-12-16(19-8-9-24-12)17(21)20-11-18(2,3)13-6-7-14(22-4)15(10-13)23-5;/h6-7,10,12,16,19H,8-9,11H2,1-5H3,(H,20,21);1H/t12-,16+;/m1./s1. The van der Waals surface area contributed by atoms with Crippen LogP contribution in [0.2, 0.25) is 0 Å². The Balaban J connectivity index is 0.00000312. The van der Waals surface area contributed by atoms with E-state index in [1.807, 2.05) is 25.1 Å². The molecule has 1 aromatic rings. The van der Waals surface area contributed by atoms with E-state index in [1.54, 1.807) is 14.2 Å². The Morgan fingerprint density at radius 2 is 2.00 bits per heavy atom. The van der Waals surface area contributed by atoms with E-state index in [2.05, 4.69) is 24.5 Å². The van der Waals surface area contributed by atoms with Gasteiger partial charge < -0.3 is 24.8 Å². The first-order valence-corrected chi connectivity index (χ1v) is 8.24. The minimum absolute atomic E-state index is 0. The monoisotopic (exact) mass is 372 g/mol. The Kier molecular flexibility index (Phi) is 7.99. The van der Waals surface area contributed by atoms with Gasteiger partial charge in [0.15, 0.2) is 11.5 Å². The molecule has 1 aliphatic heterocycles. The maximum Gasteiger partial charge on any atom is 0.239 e. The van der Waals surface area contributed by atoms with Gasteiger partial charge in [0.1, 0.15) is 6.04 Å². The van der Waals surface area contributed by atoms with E-state index in [9.17, 15) is 4.79 Å². The number of hydrogen-bond acceptors (Lipinski definition) is 5. The van der Waals surface area contributed by atoms with Gasteiger partial charge in [0.05, 0.1) is 26.9 Å². The normalized spacial score (nSPS) is 20.4. The van der Waals surface area contributed by atoms with Crippen LogP contribution < -0.4 is 20.1 Å². The van der Waals surface area contributed by atoms with Gasteiger partial charge in [-0.3, -0.25) is 4.79 Å². The molecule has 0 saturated carbocycles. The molecule has 1 heterocycles. The zero-order valence-corrected chi connectivity index (χ0v) is 16.4. The summed E-state index contributed by atoms with van der Waals surface area (Å²) in [5, 5.41) is 6.24. The number of amides is 1. The fraction of sp³-hybridized carbons (Fsp3) is 0.611. The largest absolute Gasteiger partial charge is 0.493 e. The number of ether oxygens (including phenoxy) is 3. The summed E-state index contributed by atoms with van der Waals surface area (Å²) >= 11 is 0. The molecule has 142 valence electrons. The molecule has 1 fully saturated rings. The molecule has 1 saturated heterocycles. The van der Waals surface area contributed by atoms with E-state index >= 15 is 0 Å². The Morgan fingerprint density at radius 1 is 1.32 bits per heavy atom. The van der Waals surface area contributed by atoms with E-state index in [1.165, 1.54) is 0 Å². The number of rotatable bonds is 6. The number of carbonyl (C=O) groups excluding carboxylic acids is 1. The van der Waals surface area contributed by atoms with Crippen molar-refractivity contribution in [1.82, 2.24) is 10.6 Å². The predicted octanol–water partition coefficient (Wildman–Crippen LogP) is 1.90. The highest BCUT2D eigenvalue weighted by Gasteiger charge is 2.30. The third-order valence-electron chi connectivity index (χ3n) is 4.47. The van der Waals surface area contributed by atoms with Gasteiger partial charge in [0.2, 0.25) is 5.91 Å². The van der Waals surface area contributed by atoms with Gasteiger partial charge in [-0.15, -0.1) is 12.4 Å². The van der Waals surface area contributed by atoms with Gasteiger partial charge in [0.25, 0.3) is 0 Å². The van der Waals surface area contributed by atoms with Crippen LogP contribution in [0, 0.1) is 0 Å². The number of methoxy groups -OCH3 is 2. The highest BCUT2D eigenvalue weighted by Crippen LogP contribution is 2.32. The summed E-state index contributed by atoms with van der Waals surface area (Å²) in [6.07, 6.45) is -0.122. The first-order valence-electron chi connectivity index (χ1n) is 8.24. The van der Waals surface area contributed by atoms with Gasteiger partial charge in [0, 0.05) is 18.5 Å². The molecule has 0 spiro atoms. The second-order valence-electron chi connectivity index (χ2n) is 6.68. The number of morpholine rings is 1. The van der Waals surface area contributed by atoms with Crippen molar-refractivity contribution in [3.05, 3.63) is 23.8 Å². The maximum atomic E-state index is 12.4. The summed E-state index contributed by atoms with van der Waals surface area (Å²) in [6, 6.07) is 5.53. The van der Waals surface area contributed by atoms with E-state index in [4.69, 9.17) is 14.2 Å². The summed E-state index contributed by atoms with van der Waals surface area (Å²) in [5.74, 6) is 1.35. The molecule has 0 aliphatic carbocycles. The average Bonchev–Trinajstić information content (AvgIpc) is 2.59. The minimum atomic E-state index is -0.306. The lowest BCUT2D eigenvalue weighted by Gasteiger charge is -2.31. The smallest absolute Gasteiger partial charge is 0.239 e. The highest BCUT2D eigenvalue weighted by molar-refractivity contribution is 5.85. The van der Waals surface area contributed by atoms with Crippen LogP contribution in [-0.4, -0.2) is 52.0 Å². The Hall–Kier alpha value is -1.50. The minimum Gasteiger partial charge on any atom is -0.493 e. The molecule has 7 heteroatoms. The number of halogens is 1. The van der Waals surface area contributed by atoms with Crippen LogP contribution in [0.15, 0.2) is 18.2 Å². The molecule has 1 aliphatic rings. The van der Waals surface area contributed by atoms with Crippen molar-refractivity contribution >= 4 is 18.3 Å². The molecule has 2 atom stereocenters. The van der Waals surface area contributed by atoms with E-state index < -0.39 is 0 Å². The van der Waals surface area contributed by atoms with E-state index in [-0.39, 0.29) is 35.9 Å². The lowest BCUT2D eigenvalue weighted by atomic mass is 9.84. The Bertz CT molecular complexity index is 580. The average molecular weight is 373 g/mol. The predicted molar refractivity (Wildman–Crippen MR) is 100 cm³/mol.